The third-order valence-electron chi connectivity index (χ3n) is 10.1. The van der Waals surface area contributed by atoms with Gasteiger partial charge in [0.2, 0.25) is 17.6 Å². The molecule has 0 radical (unpaired) electrons. The Morgan fingerprint density at radius 2 is 1.61 bits per heavy atom. The fraction of sp³-hybridized carbons (Fsp3) is 0.342. The van der Waals surface area contributed by atoms with Crippen molar-refractivity contribution in [2.24, 2.45) is 23.7 Å². The molecule has 1 aromatic heterocycles. The number of hydrogen-bond donors (Lipinski definition) is 0. The Labute approximate surface area is 276 Å². The first-order valence-corrected chi connectivity index (χ1v) is 17.0. The summed E-state index contributed by atoms with van der Waals surface area (Å²) in [6.07, 6.45) is 3.90. The number of ether oxygens (including phenoxy) is 1. The van der Waals surface area contributed by atoms with Gasteiger partial charge in [0, 0.05) is 21.0 Å². The summed E-state index contributed by atoms with van der Waals surface area (Å²) in [6, 6.07) is 21.7. The van der Waals surface area contributed by atoms with E-state index < -0.39 is 12.1 Å². The number of aryl methyl sites for hydroxylation is 1. The second-order valence-electron chi connectivity index (χ2n) is 12.7. The molecule has 0 spiro atoms. The van der Waals surface area contributed by atoms with Crippen LogP contribution >= 0.6 is 15.9 Å². The summed E-state index contributed by atoms with van der Waals surface area (Å²) in [7, 11) is 0. The predicted octanol–water partition coefficient (Wildman–Crippen LogP) is 7.97. The van der Waals surface area contributed by atoms with Gasteiger partial charge in [-0.25, -0.2) is 9.78 Å². The maximum Gasteiger partial charge on any atom is 0.339 e. The number of esters is 1. The van der Waals surface area contributed by atoms with E-state index in [4.69, 9.17) is 9.72 Å². The predicted molar refractivity (Wildman–Crippen MR) is 179 cm³/mol. The third kappa shape index (κ3) is 5.16. The number of rotatable bonds is 9. The number of anilines is 1. The number of fused-ring (bicyclic) bond motifs is 6. The van der Waals surface area contributed by atoms with Crippen molar-refractivity contribution in [1.29, 1.82) is 0 Å². The number of carbonyl (C=O) groups is 4. The molecule has 7 rings (SSSR count). The van der Waals surface area contributed by atoms with Crippen LogP contribution in [0, 0.1) is 23.7 Å². The van der Waals surface area contributed by atoms with E-state index in [1.165, 1.54) is 4.90 Å². The minimum absolute atomic E-state index is 0.0753. The minimum Gasteiger partial charge on any atom is -0.450 e. The smallest absolute Gasteiger partial charge is 0.339 e. The maximum atomic E-state index is 13.9. The van der Waals surface area contributed by atoms with Crippen LogP contribution in [0.2, 0.25) is 0 Å². The highest BCUT2D eigenvalue weighted by atomic mass is 79.9. The number of ketones is 1. The lowest BCUT2D eigenvalue weighted by molar-refractivity contribution is -0.123. The van der Waals surface area contributed by atoms with Crippen molar-refractivity contribution in [2.75, 3.05) is 4.90 Å². The van der Waals surface area contributed by atoms with Crippen molar-refractivity contribution in [3.63, 3.8) is 0 Å². The largest absolute Gasteiger partial charge is 0.450 e. The van der Waals surface area contributed by atoms with E-state index >= 15 is 0 Å². The number of benzene rings is 3. The fourth-order valence-electron chi connectivity index (χ4n) is 7.88. The first-order valence-electron chi connectivity index (χ1n) is 16.2. The van der Waals surface area contributed by atoms with Crippen molar-refractivity contribution in [1.82, 2.24) is 4.98 Å². The van der Waals surface area contributed by atoms with Crippen LogP contribution in [0.25, 0.3) is 22.2 Å². The SMILES string of the molecule is CCCC(OC(=O)c1cc(-c2ccc(N3C(=O)C4C5CCC(C5)C4C3=O)cc2)nc2c(CC)cc(Br)cc12)C(=O)c1ccccc1. The standard InChI is InChI=1S/C38H35BrN2O5/c1-3-8-31(35(42)23-9-6-5-7-10-23)46-38(45)29-20-30(40-34-21(4-2)18-26(39)19-28(29)34)22-13-15-27(16-14-22)41-36(43)32-24-11-12-25(17-24)33(32)37(41)44/h5-7,9-10,13-16,18-20,24-25,31-33H,3-4,8,11-12,17H2,1-2H3. The molecule has 3 aliphatic rings. The zero-order valence-corrected chi connectivity index (χ0v) is 27.5. The Kier molecular flexibility index (Phi) is 8.09. The number of Topliss-reactive ketones (excluding diaryl/α,β-unsaturated/α-hetero) is 1. The molecule has 2 bridgehead atoms. The number of halogens is 1. The number of aromatic nitrogens is 1. The lowest BCUT2D eigenvalue weighted by Crippen LogP contribution is -2.32. The highest BCUT2D eigenvalue weighted by Crippen LogP contribution is 2.56. The lowest BCUT2D eigenvalue weighted by atomic mass is 9.81. The maximum absolute atomic E-state index is 13.9. The van der Waals surface area contributed by atoms with Crippen LogP contribution < -0.4 is 4.90 Å². The second kappa shape index (κ2) is 12.2. The summed E-state index contributed by atoms with van der Waals surface area (Å²) in [5.41, 5.74) is 4.29. The monoisotopic (exact) mass is 678 g/mol. The van der Waals surface area contributed by atoms with Gasteiger partial charge in [-0.05, 0) is 79.8 Å². The van der Waals surface area contributed by atoms with Crippen molar-refractivity contribution < 1.29 is 23.9 Å². The average molecular weight is 680 g/mol. The number of amides is 2. The van der Waals surface area contributed by atoms with Crippen LogP contribution in [-0.4, -0.2) is 34.7 Å². The number of nitrogens with zero attached hydrogens (tertiary/aromatic N) is 2. The van der Waals surface area contributed by atoms with Crippen LogP contribution in [-0.2, 0) is 20.7 Å². The highest BCUT2D eigenvalue weighted by Gasteiger charge is 2.61. The van der Waals surface area contributed by atoms with Gasteiger partial charge in [-0.15, -0.1) is 0 Å². The molecule has 7 nitrogen and oxygen atoms in total. The topological polar surface area (TPSA) is 93.6 Å². The normalized spacial score (nSPS) is 22.4. The minimum atomic E-state index is -0.922. The molecule has 2 aliphatic carbocycles. The molecular weight excluding hydrogens is 644 g/mol. The molecule has 3 fully saturated rings. The van der Waals surface area contributed by atoms with Gasteiger partial charge in [-0.2, -0.15) is 0 Å². The zero-order valence-electron chi connectivity index (χ0n) is 25.9. The molecule has 46 heavy (non-hydrogen) atoms. The van der Waals surface area contributed by atoms with Crippen molar-refractivity contribution in [3.05, 3.63) is 94.0 Å². The Bertz CT molecular complexity index is 1840. The summed E-state index contributed by atoms with van der Waals surface area (Å²) in [5.74, 6) is -0.697. The van der Waals surface area contributed by atoms with E-state index in [9.17, 15) is 19.2 Å². The summed E-state index contributed by atoms with van der Waals surface area (Å²) < 4.78 is 6.77. The molecule has 5 atom stereocenters. The van der Waals surface area contributed by atoms with Gasteiger partial charge in [0.05, 0.1) is 34.3 Å². The molecule has 2 heterocycles. The number of imide groups is 1. The van der Waals surface area contributed by atoms with E-state index in [1.807, 2.05) is 44.2 Å². The summed E-state index contributed by atoms with van der Waals surface area (Å²) >= 11 is 3.59. The molecule has 1 aliphatic heterocycles. The fourth-order valence-corrected chi connectivity index (χ4v) is 8.38. The van der Waals surface area contributed by atoms with Crippen LogP contribution in [0.5, 0.6) is 0 Å². The van der Waals surface area contributed by atoms with Crippen LogP contribution in [0.4, 0.5) is 5.69 Å². The van der Waals surface area contributed by atoms with Crippen LogP contribution in [0.1, 0.15) is 72.2 Å². The number of carbonyl (C=O) groups excluding carboxylic acids is 4. The van der Waals surface area contributed by atoms with Crippen LogP contribution in [0.15, 0.2) is 77.3 Å². The van der Waals surface area contributed by atoms with E-state index in [1.54, 1.807) is 42.5 Å². The first-order chi connectivity index (χ1) is 22.3. The van der Waals surface area contributed by atoms with Gasteiger partial charge in [0.15, 0.2) is 6.10 Å². The number of hydrogen-bond acceptors (Lipinski definition) is 6. The molecule has 4 aromatic rings. The van der Waals surface area contributed by atoms with Gasteiger partial charge in [0.25, 0.3) is 0 Å². The Morgan fingerprint density at radius 3 is 2.24 bits per heavy atom. The highest BCUT2D eigenvalue weighted by molar-refractivity contribution is 9.10. The van der Waals surface area contributed by atoms with Crippen molar-refractivity contribution in [3.8, 4) is 11.3 Å². The Balaban J connectivity index is 1.24. The molecule has 8 heteroatoms. The molecule has 5 unspecified atom stereocenters. The van der Waals surface area contributed by atoms with E-state index in [2.05, 4.69) is 15.9 Å². The summed E-state index contributed by atoms with van der Waals surface area (Å²) in [6.45, 7) is 3.98. The molecule has 2 saturated carbocycles. The van der Waals surface area contributed by atoms with Crippen molar-refractivity contribution in [2.45, 2.75) is 58.5 Å². The van der Waals surface area contributed by atoms with E-state index in [0.29, 0.717) is 64.5 Å². The quantitative estimate of drug-likeness (QED) is 0.101. The van der Waals surface area contributed by atoms with Gasteiger partial charge < -0.3 is 4.74 Å². The summed E-state index contributed by atoms with van der Waals surface area (Å²) in [4.78, 5) is 60.4. The number of pyridine rings is 1. The Morgan fingerprint density at radius 1 is 0.935 bits per heavy atom. The van der Waals surface area contributed by atoms with Gasteiger partial charge in [0.1, 0.15) is 0 Å². The molecule has 0 N–H and O–H groups in total. The van der Waals surface area contributed by atoms with Crippen LogP contribution in [0.3, 0.4) is 0 Å². The van der Waals surface area contributed by atoms with E-state index in [-0.39, 0.29) is 29.4 Å². The molecular formula is C38H35BrN2O5. The third-order valence-corrected chi connectivity index (χ3v) is 10.5. The average Bonchev–Trinajstić information content (AvgIpc) is 3.77. The van der Waals surface area contributed by atoms with Crippen molar-refractivity contribution >= 4 is 56.1 Å². The molecule has 1 saturated heterocycles. The Hall–Kier alpha value is -4.17. The molecule has 234 valence electrons. The molecule has 3 aromatic carbocycles. The zero-order chi connectivity index (χ0) is 32.1. The van der Waals surface area contributed by atoms with Gasteiger partial charge >= 0.3 is 5.97 Å². The summed E-state index contributed by atoms with van der Waals surface area (Å²) in [5, 5.41) is 0.633. The molecule has 2 amide bonds. The van der Waals surface area contributed by atoms with E-state index in [0.717, 1.165) is 34.9 Å². The lowest BCUT2D eigenvalue weighted by Gasteiger charge is -2.19. The first kappa shape index (κ1) is 30.5. The van der Waals surface area contributed by atoms with Gasteiger partial charge in [-0.1, -0.05) is 78.7 Å². The second-order valence-corrected chi connectivity index (χ2v) is 13.6. The van der Waals surface area contributed by atoms with Gasteiger partial charge in [-0.3, -0.25) is 19.3 Å².